The van der Waals surface area contributed by atoms with E-state index in [1.165, 1.54) is 76.5 Å². The van der Waals surface area contributed by atoms with Crippen LogP contribution in [0.4, 0.5) is 17.1 Å². The molecule has 0 heterocycles. The summed E-state index contributed by atoms with van der Waals surface area (Å²) in [6, 6.07) is 77.3. The minimum atomic E-state index is 1.11. The van der Waals surface area contributed by atoms with E-state index in [1.54, 1.807) is 0 Å². The smallest absolute Gasteiger partial charge is 0.0468 e. The number of rotatable bonds is 6. The molecule has 0 radical (unpaired) electrons. The summed E-state index contributed by atoms with van der Waals surface area (Å²) in [6.07, 6.45) is 0. The van der Waals surface area contributed by atoms with E-state index < -0.39 is 0 Å². The second kappa shape index (κ2) is 13.0. The molecular formula is C52H35N. The van der Waals surface area contributed by atoms with Crippen LogP contribution in [0.2, 0.25) is 0 Å². The second-order valence-electron chi connectivity index (χ2n) is 13.8. The molecule has 0 spiro atoms. The quantitative estimate of drug-likeness (QED) is 0.159. The van der Waals surface area contributed by atoms with Crippen LogP contribution in [0, 0.1) is 0 Å². The number of anilines is 3. The molecule has 0 saturated heterocycles. The number of nitrogens with zero attached hydrogens (tertiary/aromatic N) is 1. The molecule has 248 valence electrons. The first kappa shape index (κ1) is 30.8. The normalized spacial score (nSPS) is 11.4. The van der Waals surface area contributed by atoms with Crippen molar-refractivity contribution in [2.45, 2.75) is 0 Å². The summed E-state index contributed by atoms with van der Waals surface area (Å²) >= 11 is 0. The van der Waals surface area contributed by atoms with Crippen molar-refractivity contribution in [3.63, 3.8) is 0 Å². The van der Waals surface area contributed by atoms with E-state index in [0.717, 1.165) is 17.1 Å². The van der Waals surface area contributed by atoms with Crippen LogP contribution >= 0.6 is 0 Å². The van der Waals surface area contributed by atoms with Gasteiger partial charge in [0.05, 0.1) is 0 Å². The Morgan fingerprint density at radius 3 is 1.43 bits per heavy atom. The third-order valence-electron chi connectivity index (χ3n) is 10.6. The molecule has 0 amide bonds. The van der Waals surface area contributed by atoms with Crippen molar-refractivity contribution in [3.05, 3.63) is 212 Å². The van der Waals surface area contributed by atoms with Crippen LogP contribution in [0.3, 0.4) is 0 Å². The van der Waals surface area contributed by atoms with Crippen molar-refractivity contribution in [3.8, 4) is 33.4 Å². The monoisotopic (exact) mass is 673 g/mol. The second-order valence-corrected chi connectivity index (χ2v) is 13.8. The summed E-state index contributed by atoms with van der Waals surface area (Å²) in [7, 11) is 0. The minimum Gasteiger partial charge on any atom is -0.310 e. The van der Waals surface area contributed by atoms with Gasteiger partial charge in [-0.3, -0.25) is 0 Å². The lowest BCUT2D eigenvalue weighted by molar-refractivity contribution is 1.29. The van der Waals surface area contributed by atoms with Crippen LogP contribution in [0.25, 0.3) is 76.5 Å². The molecule has 10 rings (SSSR count). The van der Waals surface area contributed by atoms with E-state index >= 15 is 0 Å². The van der Waals surface area contributed by atoms with Crippen molar-refractivity contribution < 1.29 is 0 Å². The number of hydrogen-bond donors (Lipinski definition) is 0. The van der Waals surface area contributed by atoms with Crippen LogP contribution in [-0.2, 0) is 0 Å². The van der Waals surface area contributed by atoms with Crippen molar-refractivity contribution in [1.29, 1.82) is 0 Å². The fraction of sp³-hybridized carbons (Fsp3) is 0. The maximum absolute atomic E-state index is 2.38. The predicted molar refractivity (Wildman–Crippen MR) is 227 cm³/mol. The third-order valence-corrected chi connectivity index (χ3v) is 10.6. The van der Waals surface area contributed by atoms with Gasteiger partial charge in [-0.05, 0) is 125 Å². The SMILES string of the molecule is c1ccc(-c2cc(-c3ccc(N(c4ccc(-c5cccc6ccccc56)cc4)c4ccc5ccc6ccccc6c5c4)cc3)cc3ccccc23)cc1. The zero-order valence-corrected chi connectivity index (χ0v) is 29.2. The molecule has 10 aromatic rings. The number of fused-ring (bicyclic) bond motifs is 5. The lowest BCUT2D eigenvalue weighted by Gasteiger charge is -2.26. The van der Waals surface area contributed by atoms with Gasteiger partial charge in [-0.1, -0.05) is 164 Å². The van der Waals surface area contributed by atoms with Crippen LogP contribution < -0.4 is 4.90 Å². The molecule has 0 aliphatic carbocycles. The topological polar surface area (TPSA) is 3.24 Å². The lowest BCUT2D eigenvalue weighted by atomic mass is 9.93. The van der Waals surface area contributed by atoms with E-state index in [0.29, 0.717) is 0 Å². The maximum atomic E-state index is 2.38. The van der Waals surface area contributed by atoms with Crippen LogP contribution in [0.5, 0.6) is 0 Å². The molecule has 1 nitrogen and oxygen atoms in total. The van der Waals surface area contributed by atoms with E-state index in [2.05, 4.69) is 217 Å². The van der Waals surface area contributed by atoms with Gasteiger partial charge in [0.2, 0.25) is 0 Å². The van der Waals surface area contributed by atoms with Crippen molar-refractivity contribution in [2.75, 3.05) is 4.90 Å². The highest BCUT2D eigenvalue weighted by molar-refractivity contribution is 6.09. The molecule has 0 unspecified atom stereocenters. The van der Waals surface area contributed by atoms with Gasteiger partial charge in [0, 0.05) is 17.1 Å². The molecular weight excluding hydrogens is 639 g/mol. The number of hydrogen-bond acceptors (Lipinski definition) is 1. The van der Waals surface area contributed by atoms with Crippen LogP contribution in [0.1, 0.15) is 0 Å². The van der Waals surface area contributed by atoms with Gasteiger partial charge >= 0.3 is 0 Å². The average Bonchev–Trinajstić information content (AvgIpc) is 3.24. The Labute approximate surface area is 309 Å². The first-order chi connectivity index (χ1) is 26.3. The molecule has 0 aliphatic heterocycles. The van der Waals surface area contributed by atoms with Crippen molar-refractivity contribution in [2.24, 2.45) is 0 Å². The Morgan fingerprint density at radius 1 is 0.226 bits per heavy atom. The highest BCUT2D eigenvalue weighted by Crippen LogP contribution is 2.41. The molecule has 0 aliphatic rings. The first-order valence-electron chi connectivity index (χ1n) is 18.3. The van der Waals surface area contributed by atoms with Gasteiger partial charge in [-0.25, -0.2) is 0 Å². The van der Waals surface area contributed by atoms with Crippen LogP contribution in [0.15, 0.2) is 212 Å². The summed E-state index contributed by atoms with van der Waals surface area (Å²) in [5.74, 6) is 0. The lowest BCUT2D eigenvalue weighted by Crippen LogP contribution is -2.10. The maximum Gasteiger partial charge on any atom is 0.0468 e. The molecule has 0 atom stereocenters. The molecule has 1 heteroatoms. The largest absolute Gasteiger partial charge is 0.310 e. The van der Waals surface area contributed by atoms with Gasteiger partial charge in [0.25, 0.3) is 0 Å². The Morgan fingerprint density at radius 2 is 0.717 bits per heavy atom. The summed E-state index contributed by atoms with van der Waals surface area (Å²) in [6.45, 7) is 0. The van der Waals surface area contributed by atoms with Gasteiger partial charge in [0.15, 0.2) is 0 Å². The molecule has 0 aromatic heterocycles. The minimum absolute atomic E-state index is 1.11. The molecule has 10 aromatic carbocycles. The highest BCUT2D eigenvalue weighted by Gasteiger charge is 2.16. The summed E-state index contributed by atoms with van der Waals surface area (Å²) in [5, 5.41) is 10.0. The number of benzene rings is 10. The Bertz CT molecular complexity index is 2920. The van der Waals surface area contributed by atoms with E-state index in [-0.39, 0.29) is 0 Å². The molecule has 0 N–H and O–H groups in total. The van der Waals surface area contributed by atoms with Gasteiger partial charge in [-0.15, -0.1) is 0 Å². The fourth-order valence-corrected chi connectivity index (χ4v) is 7.98. The van der Waals surface area contributed by atoms with E-state index in [4.69, 9.17) is 0 Å². The zero-order valence-electron chi connectivity index (χ0n) is 29.2. The van der Waals surface area contributed by atoms with E-state index in [9.17, 15) is 0 Å². The van der Waals surface area contributed by atoms with Crippen molar-refractivity contribution >= 4 is 60.2 Å². The van der Waals surface area contributed by atoms with E-state index in [1.807, 2.05) is 0 Å². The van der Waals surface area contributed by atoms with Gasteiger partial charge in [0.1, 0.15) is 0 Å². The van der Waals surface area contributed by atoms with Gasteiger partial charge < -0.3 is 4.90 Å². The predicted octanol–water partition coefficient (Wildman–Crippen LogP) is 14.8. The molecule has 0 bridgehead atoms. The Balaban J connectivity index is 1.10. The first-order valence-corrected chi connectivity index (χ1v) is 18.3. The molecule has 0 saturated carbocycles. The standard InChI is InChI=1S/C52H35N/c1-2-11-38(12-3-1)51-34-43(33-42-15-6-9-19-50(42)51)36-23-28-44(29-24-36)53(46-32-27-41-22-21-39-14-5-8-18-49(39)52(41)35-46)45-30-25-40(26-31-45)48-20-10-16-37-13-4-7-17-47(37)48/h1-35H. The van der Waals surface area contributed by atoms with Gasteiger partial charge in [-0.2, -0.15) is 0 Å². The molecule has 53 heavy (non-hydrogen) atoms. The Kier molecular flexibility index (Phi) is 7.55. The summed E-state index contributed by atoms with van der Waals surface area (Å²) in [4.78, 5) is 2.38. The van der Waals surface area contributed by atoms with Crippen LogP contribution in [-0.4, -0.2) is 0 Å². The summed E-state index contributed by atoms with van der Waals surface area (Å²) in [5.41, 5.74) is 10.7. The third kappa shape index (κ3) is 5.60. The van der Waals surface area contributed by atoms with Crippen molar-refractivity contribution in [1.82, 2.24) is 0 Å². The molecule has 0 fully saturated rings. The highest BCUT2D eigenvalue weighted by atomic mass is 15.1. The Hall–Kier alpha value is -6.96. The fourth-order valence-electron chi connectivity index (χ4n) is 7.98. The zero-order chi connectivity index (χ0) is 35.1. The summed E-state index contributed by atoms with van der Waals surface area (Å²) < 4.78 is 0. The average molecular weight is 674 g/mol.